The average molecular weight is 417 g/mol. The number of primary amides is 1. The first-order valence-electron chi connectivity index (χ1n) is 9.81. The number of sulfonamides is 1. The molecule has 1 saturated heterocycles. The number of piperidine rings is 1. The fraction of sp³-hybridized carbons (Fsp3) is 0.409. The Morgan fingerprint density at radius 1 is 1.10 bits per heavy atom. The molecule has 0 aromatic heterocycles. The van der Waals surface area contributed by atoms with Crippen LogP contribution in [0.2, 0.25) is 0 Å². The van der Waals surface area contributed by atoms with E-state index in [-0.39, 0.29) is 6.42 Å². The summed E-state index contributed by atoms with van der Waals surface area (Å²) in [6, 6.07) is 17.0. The summed E-state index contributed by atoms with van der Waals surface area (Å²) in [5.41, 5.74) is 6.37. The third kappa shape index (κ3) is 5.04. The summed E-state index contributed by atoms with van der Waals surface area (Å²) < 4.78 is 27.3. The third-order valence-corrected chi connectivity index (χ3v) is 7.69. The maximum atomic E-state index is 13.0. The molecule has 0 aliphatic carbocycles. The topological polar surface area (TPSA) is 101 Å². The second kappa shape index (κ2) is 8.65. The van der Waals surface area contributed by atoms with E-state index in [9.17, 15) is 18.3 Å². The Kier molecular flexibility index (Phi) is 6.41. The van der Waals surface area contributed by atoms with Crippen LogP contribution in [0, 0.1) is 6.92 Å². The standard InChI is InChI=1S/C22H28N2O4S/c1-17-7-5-6-10-20(17)19-11-13-24(14-12-19)29(27,28)16-22(26,21(23)25)15-18-8-3-2-4-9-18/h2-10,19,26H,11-16H2,1H3,(H2,23,25). The number of aryl methyl sites for hydroxylation is 1. The molecule has 3 N–H and O–H groups in total. The van der Waals surface area contributed by atoms with Gasteiger partial charge in [0.2, 0.25) is 10.0 Å². The van der Waals surface area contributed by atoms with Crippen molar-refractivity contribution in [3.05, 3.63) is 71.3 Å². The highest BCUT2D eigenvalue weighted by atomic mass is 32.2. The van der Waals surface area contributed by atoms with Crippen LogP contribution in [-0.2, 0) is 21.2 Å². The van der Waals surface area contributed by atoms with E-state index in [1.807, 2.05) is 18.2 Å². The van der Waals surface area contributed by atoms with Crippen molar-refractivity contribution in [2.75, 3.05) is 18.8 Å². The summed E-state index contributed by atoms with van der Waals surface area (Å²) in [5, 5.41) is 10.8. The zero-order valence-electron chi connectivity index (χ0n) is 16.6. The van der Waals surface area contributed by atoms with E-state index in [1.165, 1.54) is 15.4 Å². The Morgan fingerprint density at radius 2 is 1.69 bits per heavy atom. The Morgan fingerprint density at radius 3 is 2.28 bits per heavy atom. The van der Waals surface area contributed by atoms with Crippen molar-refractivity contribution in [3.63, 3.8) is 0 Å². The molecule has 1 heterocycles. The summed E-state index contributed by atoms with van der Waals surface area (Å²) >= 11 is 0. The number of hydrogen-bond donors (Lipinski definition) is 2. The van der Waals surface area contributed by atoms with Gasteiger partial charge in [0, 0.05) is 19.5 Å². The highest BCUT2D eigenvalue weighted by Crippen LogP contribution is 2.31. The Bertz CT molecular complexity index is 954. The normalized spacial score (nSPS) is 18.3. The van der Waals surface area contributed by atoms with Gasteiger partial charge in [0.05, 0.1) is 0 Å². The van der Waals surface area contributed by atoms with E-state index in [2.05, 4.69) is 19.1 Å². The van der Waals surface area contributed by atoms with Crippen LogP contribution in [0.1, 0.15) is 35.4 Å². The molecule has 1 amide bonds. The lowest BCUT2D eigenvalue weighted by atomic mass is 9.87. The lowest BCUT2D eigenvalue weighted by Crippen LogP contribution is -2.54. The minimum atomic E-state index is -3.84. The molecule has 156 valence electrons. The van der Waals surface area contributed by atoms with Gasteiger partial charge in [0.15, 0.2) is 5.60 Å². The van der Waals surface area contributed by atoms with Gasteiger partial charge in [0.1, 0.15) is 5.75 Å². The Balaban J connectivity index is 1.70. The summed E-state index contributed by atoms with van der Waals surface area (Å²) in [5.74, 6) is -1.43. The molecule has 0 radical (unpaired) electrons. The van der Waals surface area contributed by atoms with Crippen molar-refractivity contribution in [2.24, 2.45) is 5.73 Å². The minimum absolute atomic E-state index is 0.137. The van der Waals surface area contributed by atoms with E-state index in [1.54, 1.807) is 24.3 Å². The quantitative estimate of drug-likeness (QED) is 0.720. The minimum Gasteiger partial charge on any atom is -0.379 e. The van der Waals surface area contributed by atoms with Crippen molar-refractivity contribution in [2.45, 2.75) is 37.7 Å². The number of nitrogens with zero attached hydrogens (tertiary/aromatic N) is 1. The van der Waals surface area contributed by atoms with E-state index >= 15 is 0 Å². The molecule has 0 saturated carbocycles. The number of rotatable bonds is 7. The number of carbonyl (C=O) groups is 1. The van der Waals surface area contributed by atoms with Crippen molar-refractivity contribution in [1.82, 2.24) is 4.31 Å². The van der Waals surface area contributed by atoms with Crippen LogP contribution in [0.4, 0.5) is 0 Å². The molecule has 1 unspecified atom stereocenters. The summed E-state index contributed by atoms with van der Waals surface area (Å²) in [7, 11) is -3.84. The molecule has 1 fully saturated rings. The van der Waals surface area contributed by atoms with Gasteiger partial charge in [-0.05, 0) is 42.4 Å². The van der Waals surface area contributed by atoms with Crippen LogP contribution in [0.5, 0.6) is 0 Å². The van der Waals surface area contributed by atoms with Gasteiger partial charge in [-0.3, -0.25) is 4.79 Å². The highest BCUT2D eigenvalue weighted by molar-refractivity contribution is 7.89. The SMILES string of the molecule is Cc1ccccc1C1CCN(S(=O)(=O)CC(O)(Cc2ccccc2)C(N)=O)CC1. The number of aliphatic hydroxyl groups is 1. The Hall–Kier alpha value is -2.22. The van der Waals surface area contributed by atoms with E-state index in [0.29, 0.717) is 37.4 Å². The molecule has 1 aliphatic heterocycles. The van der Waals surface area contributed by atoms with Crippen molar-refractivity contribution < 1.29 is 18.3 Å². The van der Waals surface area contributed by atoms with E-state index in [0.717, 1.165) is 0 Å². The molecule has 6 nitrogen and oxygen atoms in total. The second-order valence-electron chi connectivity index (χ2n) is 7.84. The molecular weight excluding hydrogens is 388 g/mol. The summed E-state index contributed by atoms with van der Waals surface area (Å²) in [4.78, 5) is 11.9. The van der Waals surface area contributed by atoms with Crippen LogP contribution in [0.15, 0.2) is 54.6 Å². The van der Waals surface area contributed by atoms with Gasteiger partial charge in [0.25, 0.3) is 5.91 Å². The van der Waals surface area contributed by atoms with Gasteiger partial charge in [-0.1, -0.05) is 54.6 Å². The van der Waals surface area contributed by atoms with Crippen molar-refractivity contribution >= 4 is 15.9 Å². The molecular formula is C22H28N2O4S. The van der Waals surface area contributed by atoms with E-state index < -0.39 is 27.3 Å². The van der Waals surface area contributed by atoms with Crippen molar-refractivity contribution in [1.29, 1.82) is 0 Å². The Labute approximate surface area is 172 Å². The molecule has 3 rings (SSSR count). The molecule has 2 aromatic rings. The van der Waals surface area contributed by atoms with Crippen LogP contribution in [-0.4, -0.2) is 48.2 Å². The van der Waals surface area contributed by atoms with Crippen LogP contribution >= 0.6 is 0 Å². The summed E-state index contributed by atoms with van der Waals surface area (Å²) in [6.45, 7) is 2.79. The number of carbonyl (C=O) groups excluding carboxylic acids is 1. The second-order valence-corrected chi connectivity index (χ2v) is 9.81. The van der Waals surface area contributed by atoms with Crippen molar-refractivity contribution in [3.8, 4) is 0 Å². The number of nitrogens with two attached hydrogens (primary N) is 1. The van der Waals surface area contributed by atoms with Crippen LogP contribution in [0.3, 0.4) is 0 Å². The number of hydrogen-bond acceptors (Lipinski definition) is 4. The van der Waals surface area contributed by atoms with Gasteiger partial charge in [-0.2, -0.15) is 0 Å². The highest BCUT2D eigenvalue weighted by Gasteiger charge is 2.42. The van der Waals surface area contributed by atoms with Gasteiger partial charge in [-0.15, -0.1) is 0 Å². The van der Waals surface area contributed by atoms with E-state index in [4.69, 9.17) is 5.73 Å². The summed E-state index contributed by atoms with van der Waals surface area (Å²) in [6.07, 6.45) is 1.28. The predicted octanol–water partition coefficient (Wildman–Crippen LogP) is 1.96. The number of benzene rings is 2. The zero-order chi connectivity index (χ0) is 21.1. The fourth-order valence-corrected chi connectivity index (χ4v) is 5.82. The van der Waals surface area contributed by atoms with Gasteiger partial charge >= 0.3 is 0 Å². The average Bonchev–Trinajstić information content (AvgIpc) is 2.69. The number of amides is 1. The molecule has 0 bridgehead atoms. The van der Waals surface area contributed by atoms with Gasteiger partial charge in [-0.25, -0.2) is 12.7 Å². The third-order valence-electron chi connectivity index (χ3n) is 5.69. The smallest absolute Gasteiger partial charge is 0.250 e. The maximum Gasteiger partial charge on any atom is 0.250 e. The predicted molar refractivity (Wildman–Crippen MR) is 113 cm³/mol. The first-order valence-corrected chi connectivity index (χ1v) is 11.4. The van der Waals surface area contributed by atoms with Gasteiger partial charge < -0.3 is 10.8 Å². The lowest BCUT2D eigenvalue weighted by molar-refractivity contribution is -0.134. The monoisotopic (exact) mass is 416 g/mol. The first kappa shape index (κ1) is 21.5. The zero-order valence-corrected chi connectivity index (χ0v) is 17.4. The largest absolute Gasteiger partial charge is 0.379 e. The lowest BCUT2D eigenvalue weighted by Gasteiger charge is -2.34. The molecule has 7 heteroatoms. The fourth-order valence-electron chi connectivity index (χ4n) is 4.03. The van der Waals surface area contributed by atoms with Crippen LogP contribution in [0.25, 0.3) is 0 Å². The molecule has 1 atom stereocenters. The maximum absolute atomic E-state index is 13.0. The molecule has 2 aromatic carbocycles. The molecule has 0 spiro atoms. The van der Waals surface area contributed by atoms with Crippen LogP contribution < -0.4 is 5.73 Å². The molecule has 29 heavy (non-hydrogen) atoms. The first-order chi connectivity index (χ1) is 13.7. The molecule has 1 aliphatic rings.